The minimum absolute atomic E-state index is 0.00639. The SMILES string of the molecule is Cc1ccc(C(C)C)c(Oc2ccc(C(F)(F)F)cc2N2C(N)=NC(N)=NC23CCCCC3)c1. The number of halogens is 3. The van der Waals surface area contributed by atoms with Crippen LogP contribution in [0.1, 0.15) is 68.6 Å². The zero-order chi connectivity index (χ0) is 24.7. The van der Waals surface area contributed by atoms with Crippen LogP contribution in [-0.4, -0.2) is 17.6 Å². The largest absolute Gasteiger partial charge is 0.455 e. The second kappa shape index (κ2) is 8.85. The highest BCUT2D eigenvalue weighted by Gasteiger charge is 2.44. The first kappa shape index (κ1) is 23.9. The van der Waals surface area contributed by atoms with Crippen LogP contribution >= 0.6 is 0 Å². The lowest BCUT2D eigenvalue weighted by atomic mass is 9.87. The summed E-state index contributed by atoms with van der Waals surface area (Å²) in [5, 5.41) is 0. The Morgan fingerprint density at radius 3 is 2.35 bits per heavy atom. The van der Waals surface area contributed by atoms with Crippen molar-refractivity contribution >= 4 is 17.6 Å². The van der Waals surface area contributed by atoms with E-state index in [0.717, 1.165) is 42.5 Å². The Kier molecular flexibility index (Phi) is 6.22. The molecule has 0 saturated heterocycles. The summed E-state index contributed by atoms with van der Waals surface area (Å²) >= 11 is 0. The van der Waals surface area contributed by atoms with E-state index in [0.29, 0.717) is 18.6 Å². The van der Waals surface area contributed by atoms with Crippen LogP contribution in [0.5, 0.6) is 11.5 Å². The molecule has 1 saturated carbocycles. The lowest BCUT2D eigenvalue weighted by Gasteiger charge is -2.46. The molecule has 1 spiro atoms. The number of hydrogen-bond acceptors (Lipinski definition) is 6. The van der Waals surface area contributed by atoms with Crippen LogP contribution in [0.3, 0.4) is 0 Å². The molecule has 6 nitrogen and oxygen atoms in total. The molecule has 4 N–H and O–H groups in total. The molecule has 0 aromatic heterocycles. The van der Waals surface area contributed by atoms with Gasteiger partial charge in [0.1, 0.15) is 11.4 Å². The van der Waals surface area contributed by atoms with E-state index in [1.54, 1.807) is 4.90 Å². The highest BCUT2D eigenvalue weighted by Crippen LogP contribution is 2.46. The molecule has 182 valence electrons. The second-order valence-electron chi connectivity index (χ2n) is 9.30. The fraction of sp³-hybridized carbons (Fsp3) is 0.440. The van der Waals surface area contributed by atoms with Crippen molar-refractivity contribution < 1.29 is 17.9 Å². The van der Waals surface area contributed by atoms with Gasteiger partial charge < -0.3 is 16.2 Å². The van der Waals surface area contributed by atoms with Crippen LogP contribution in [0.2, 0.25) is 0 Å². The second-order valence-corrected chi connectivity index (χ2v) is 9.30. The maximum absolute atomic E-state index is 13.7. The highest BCUT2D eigenvalue weighted by molar-refractivity contribution is 6.06. The average molecular weight is 474 g/mol. The summed E-state index contributed by atoms with van der Waals surface area (Å²) in [6.07, 6.45) is -0.628. The molecule has 0 atom stereocenters. The Labute approximate surface area is 197 Å². The van der Waals surface area contributed by atoms with Gasteiger partial charge in [-0.15, -0.1) is 0 Å². The number of benzene rings is 2. The van der Waals surface area contributed by atoms with Crippen molar-refractivity contribution in [2.75, 3.05) is 4.90 Å². The molecule has 0 amide bonds. The Balaban J connectivity index is 1.89. The highest BCUT2D eigenvalue weighted by atomic mass is 19.4. The van der Waals surface area contributed by atoms with E-state index in [2.05, 4.69) is 9.98 Å². The van der Waals surface area contributed by atoms with Crippen LogP contribution in [0.25, 0.3) is 0 Å². The molecule has 9 heteroatoms. The van der Waals surface area contributed by atoms with Gasteiger partial charge in [0.2, 0.25) is 11.9 Å². The van der Waals surface area contributed by atoms with Crippen molar-refractivity contribution in [2.24, 2.45) is 21.5 Å². The Morgan fingerprint density at radius 1 is 1.00 bits per heavy atom. The summed E-state index contributed by atoms with van der Waals surface area (Å²) in [6, 6.07) is 9.28. The molecule has 0 unspecified atom stereocenters. The van der Waals surface area contributed by atoms with Crippen molar-refractivity contribution in [1.29, 1.82) is 0 Å². The molecule has 1 fully saturated rings. The predicted octanol–water partition coefficient (Wildman–Crippen LogP) is 6.04. The molecule has 2 aromatic carbocycles. The lowest BCUT2D eigenvalue weighted by molar-refractivity contribution is -0.137. The van der Waals surface area contributed by atoms with Gasteiger partial charge in [0.15, 0.2) is 5.75 Å². The van der Waals surface area contributed by atoms with Crippen molar-refractivity contribution in [1.82, 2.24) is 0 Å². The fourth-order valence-corrected chi connectivity index (χ4v) is 4.75. The third-order valence-corrected chi connectivity index (χ3v) is 6.39. The van der Waals surface area contributed by atoms with E-state index in [1.165, 1.54) is 6.07 Å². The van der Waals surface area contributed by atoms with Gasteiger partial charge in [0.05, 0.1) is 11.3 Å². The maximum Gasteiger partial charge on any atom is 0.416 e. The Morgan fingerprint density at radius 2 is 1.71 bits per heavy atom. The van der Waals surface area contributed by atoms with Gasteiger partial charge in [-0.1, -0.05) is 32.4 Å². The normalized spacial score (nSPS) is 18.1. The Hall–Kier alpha value is -3.23. The molecular formula is C25H30F3N5O. The third kappa shape index (κ3) is 4.56. The lowest BCUT2D eigenvalue weighted by Crippen LogP contribution is -2.58. The van der Waals surface area contributed by atoms with Crippen LogP contribution in [0.15, 0.2) is 46.4 Å². The van der Waals surface area contributed by atoms with Crippen molar-refractivity contribution in [3.05, 3.63) is 53.1 Å². The number of ether oxygens (including phenoxy) is 1. The topological polar surface area (TPSA) is 89.2 Å². The molecule has 2 aliphatic rings. The van der Waals surface area contributed by atoms with Crippen LogP contribution < -0.4 is 21.1 Å². The average Bonchev–Trinajstić information content (AvgIpc) is 2.74. The zero-order valence-corrected chi connectivity index (χ0v) is 19.6. The summed E-state index contributed by atoms with van der Waals surface area (Å²) in [5.41, 5.74) is 12.7. The Bertz CT molecular complexity index is 1130. The number of nitrogens with two attached hydrogens (primary N) is 2. The summed E-state index contributed by atoms with van der Waals surface area (Å²) in [6.45, 7) is 6.01. The monoisotopic (exact) mass is 473 g/mol. The molecule has 4 rings (SSSR count). The first-order valence-electron chi connectivity index (χ1n) is 11.5. The number of alkyl halides is 3. The van der Waals surface area contributed by atoms with Crippen LogP contribution in [0, 0.1) is 6.92 Å². The number of hydrogen-bond donors (Lipinski definition) is 2. The minimum atomic E-state index is -4.54. The molecule has 1 aliphatic carbocycles. The molecule has 0 radical (unpaired) electrons. The first-order valence-corrected chi connectivity index (χ1v) is 11.5. The van der Waals surface area contributed by atoms with E-state index >= 15 is 0 Å². The molecule has 34 heavy (non-hydrogen) atoms. The minimum Gasteiger partial charge on any atom is -0.455 e. The van der Waals surface area contributed by atoms with Gasteiger partial charge in [0.25, 0.3) is 0 Å². The van der Waals surface area contributed by atoms with Gasteiger partial charge in [-0.2, -0.15) is 18.2 Å². The summed E-state index contributed by atoms with van der Waals surface area (Å²) in [4.78, 5) is 10.3. The van der Waals surface area contributed by atoms with E-state index in [-0.39, 0.29) is 29.3 Å². The fourth-order valence-electron chi connectivity index (χ4n) is 4.75. The van der Waals surface area contributed by atoms with Gasteiger partial charge >= 0.3 is 6.18 Å². The van der Waals surface area contributed by atoms with Crippen molar-refractivity contribution in [3.63, 3.8) is 0 Å². The van der Waals surface area contributed by atoms with Crippen molar-refractivity contribution in [3.8, 4) is 11.5 Å². The third-order valence-electron chi connectivity index (χ3n) is 6.39. The van der Waals surface area contributed by atoms with Gasteiger partial charge in [-0.25, -0.2) is 4.99 Å². The number of anilines is 1. The molecule has 1 aliphatic heterocycles. The number of aryl methyl sites for hydroxylation is 1. The summed E-state index contributed by atoms with van der Waals surface area (Å²) < 4.78 is 47.5. The number of guanidine groups is 2. The number of rotatable bonds is 4. The van der Waals surface area contributed by atoms with E-state index in [1.807, 2.05) is 39.0 Å². The van der Waals surface area contributed by atoms with Crippen LogP contribution in [0.4, 0.5) is 18.9 Å². The smallest absolute Gasteiger partial charge is 0.416 e. The first-order chi connectivity index (χ1) is 16.0. The zero-order valence-electron chi connectivity index (χ0n) is 19.6. The summed E-state index contributed by atoms with van der Waals surface area (Å²) in [5.74, 6) is 1.03. The molecule has 2 aromatic rings. The van der Waals surface area contributed by atoms with Gasteiger partial charge in [-0.3, -0.25) is 4.90 Å². The quantitative estimate of drug-likeness (QED) is 0.567. The number of nitrogens with zero attached hydrogens (tertiary/aromatic N) is 3. The standard InChI is InChI=1S/C25H30F3N5O/c1-15(2)18-9-7-16(3)13-21(18)34-20-10-8-17(25(26,27)28)14-19(20)33-23(30)31-22(29)32-24(33)11-5-4-6-12-24/h7-10,13-15H,4-6,11-12H2,1-3H3,(H4,29,30,31,32). The van der Waals surface area contributed by atoms with Crippen molar-refractivity contribution in [2.45, 2.75) is 70.6 Å². The molecular weight excluding hydrogens is 443 g/mol. The maximum atomic E-state index is 13.7. The molecule has 0 bridgehead atoms. The van der Waals surface area contributed by atoms with Crippen LogP contribution in [-0.2, 0) is 6.18 Å². The van der Waals surface area contributed by atoms with Gasteiger partial charge in [-0.05, 0) is 73.9 Å². The van der Waals surface area contributed by atoms with Gasteiger partial charge in [0, 0.05) is 0 Å². The molecule has 1 heterocycles. The predicted molar refractivity (Wildman–Crippen MR) is 128 cm³/mol. The van der Waals surface area contributed by atoms with E-state index < -0.39 is 17.4 Å². The summed E-state index contributed by atoms with van der Waals surface area (Å²) in [7, 11) is 0. The van der Waals surface area contributed by atoms with E-state index in [9.17, 15) is 13.2 Å². The number of aliphatic imine (C=N–C) groups is 2. The van der Waals surface area contributed by atoms with E-state index in [4.69, 9.17) is 16.2 Å².